The SMILES string of the molecule is CNC1CC(Cc2ccc(C)cc2)c2ccccc21. The molecular weight excluding hydrogens is 230 g/mol. The Kier molecular flexibility index (Phi) is 3.39. The van der Waals surface area contributed by atoms with E-state index in [2.05, 4.69) is 67.8 Å². The molecule has 0 aromatic heterocycles. The summed E-state index contributed by atoms with van der Waals surface area (Å²) in [7, 11) is 2.07. The lowest BCUT2D eigenvalue weighted by Crippen LogP contribution is -2.13. The minimum absolute atomic E-state index is 0.520. The summed E-state index contributed by atoms with van der Waals surface area (Å²) >= 11 is 0. The Morgan fingerprint density at radius 3 is 2.37 bits per heavy atom. The van der Waals surface area contributed by atoms with Crippen molar-refractivity contribution in [3.8, 4) is 0 Å². The second-order valence-electron chi connectivity index (χ2n) is 5.59. The molecule has 98 valence electrons. The smallest absolute Gasteiger partial charge is 0.0326 e. The van der Waals surface area contributed by atoms with E-state index in [1.165, 1.54) is 28.7 Å². The molecule has 2 aromatic rings. The second kappa shape index (κ2) is 5.18. The minimum Gasteiger partial charge on any atom is -0.313 e. The zero-order valence-electron chi connectivity index (χ0n) is 11.7. The Bertz CT molecular complexity index is 556. The fraction of sp³-hybridized carbons (Fsp3) is 0.333. The third-order valence-corrected chi connectivity index (χ3v) is 4.28. The number of nitrogens with one attached hydrogen (secondary N) is 1. The van der Waals surface area contributed by atoms with E-state index < -0.39 is 0 Å². The monoisotopic (exact) mass is 251 g/mol. The van der Waals surface area contributed by atoms with Crippen molar-refractivity contribution in [2.24, 2.45) is 0 Å². The van der Waals surface area contributed by atoms with Crippen molar-refractivity contribution in [2.75, 3.05) is 7.05 Å². The van der Waals surface area contributed by atoms with Gasteiger partial charge in [0, 0.05) is 6.04 Å². The highest BCUT2D eigenvalue weighted by atomic mass is 14.9. The van der Waals surface area contributed by atoms with Gasteiger partial charge in [-0.2, -0.15) is 0 Å². The predicted molar refractivity (Wildman–Crippen MR) is 80.5 cm³/mol. The normalized spacial score (nSPS) is 21.4. The number of rotatable bonds is 3. The lowest BCUT2D eigenvalue weighted by molar-refractivity contribution is 0.532. The molecule has 1 aliphatic rings. The van der Waals surface area contributed by atoms with Gasteiger partial charge in [-0.25, -0.2) is 0 Å². The summed E-state index contributed by atoms with van der Waals surface area (Å²) in [6.07, 6.45) is 2.36. The third kappa shape index (κ3) is 2.43. The summed E-state index contributed by atoms with van der Waals surface area (Å²) in [6.45, 7) is 2.14. The van der Waals surface area contributed by atoms with Crippen LogP contribution in [0.5, 0.6) is 0 Å². The van der Waals surface area contributed by atoms with E-state index in [1.54, 1.807) is 0 Å². The maximum atomic E-state index is 3.44. The van der Waals surface area contributed by atoms with E-state index in [1.807, 2.05) is 0 Å². The van der Waals surface area contributed by atoms with Gasteiger partial charge in [-0.05, 0) is 49.4 Å². The highest BCUT2D eigenvalue weighted by Gasteiger charge is 2.29. The first-order valence-electron chi connectivity index (χ1n) is 7.09. The molecule has 0 aliphatic heterocycles. The van der Waals surface area contributed by atoms with Crippen LogP contribution in [-0.2, 0) is 6.42 Å². The van der Waals surface area contributed by atoms with E-state index in [0.29, 0.717) is 12.0 Å². The molecular formula is C18H21N. The topological polar surface area (TPSA) is 12.0 Å². The fourth-order valence-electron chi connectivity index (χ4n) is 3.21. The van der Waals surface area contributed by atoms with Crippen molar-refractivity contribution in [3.05, 3.63) is 70.8 Å². The first kappa shape index (κ1) is 12.4. The molecule has 2 unspecified atom stereocenters. The van der Waals surface area contributed by atoms with Gasteiger partial charge in [0.1, 0.15) is 0 Å². The molecule has 19 heavy (non-hydrogen) atoms. The van der Waals surface area contributed by atoms with E-state index in [9.17, 15) is 0 Å². The van der Waals surface area contributed by atoms with Crippen LogP contribution in [0.25, 0.3) is 0 Å². The summed E-state index contributed by atoms with van der Waals surface area (Å²) in [5.74, 6) is 0.649. The van der Waals surface area contributed by atoms with Crippen LogP contribution in [0.15, 0.2) is 48.5 Å². The fourth-order valence-corrected chi connectivity index (χ4v) is 3.21. The predicted octanol–water partition coefficient (Wildman–Crippen LogP) is 3.99. The summed E-state index contributed by atoms with van der Waals surface area (Å²) in [4.78, 5) is 0. The zero-order valence-corrected chi connectivity index (χ0v) is 11.7. The molecule has 1 heteroatoms. The molecule has 0 fully saturated rings. The Morgan fingerprint density at radius 1 is 1.00 bits per heavy atom. The van der Waals surface area contributed by atoms with Crippen LogP contribution in [-0.4, -0.2) is 7.05 Å². The molecule has 3 rings (SSSR count). The van der Waals surface area contributed by atoms with Crippen LogP contribution in [0.1, 0.15) is 40.6 Å². The summed E-state index contributed by atoms with van der Waals surface area (Å²) in [5.41, 5.74) is 5.80. The molecule has 0 heterocycles. The number of hydrogen-bond acceptors (Lipinski definition) is 1. The Hall–Kier alpha value is -1.60. The lowest BCUT2D eigenvalue weighted by atomic mass is 9.93. The summed E-state index contributed by atoms with van der Waals surface area (Å²) < 4.78 is 0. The molecule has 1 nitrogen and oxygen atoms in total. The number of hydrogen-bond donors (Lipinski definition) is 1. The molecule has 2 atom stereocenters. The zero-order chi connectivity index (χ0) is 13.2. The third-order valence-electron chi connectivity index (χ3n) is 4.28. The van der Waals surface area contributed by atoms with E-state index >= 15 is 0 Å². The maximum Gasteiger partial charge on any atom is 0.0326 e. The van der Waals surface area contributed by atoms with Crippen LogP contribution in [0.3, 0.4) is 0 Å². The second-order valence-corrected chi connectivity index (χ2v) is 5.59. The number of aryl methyl sites for hydroxylation is 1. The van der Waals surface area contributed by atoms with Crippen molar-refractivity contribution in [1.29, 1.82) is 0 Å². The molecule has 2 aromatic carbocycles. The molecule has 0 saturated heterocycles. The highest BCUT2D eigenvalue weighted by Crippen LogP contribution is 2.41. The van der Waals surface area contributed by atoms with Crippen molar-refractivity contribution in [3.63, 3.8) is 0 Å². The Morgan fingerprint density at radius 2 is 1.68 bits per heavy atom. The van der Waals surface area contributed by atoms with Gasteiger partial charge < -0.3 is 5.32 Å². The quantitative estimate of drug-likeness (QED) is 0.870. The summed E-state index contributed by atoms with van der Waals surface area (Å²) in [5, 5.41) is 3.44. The average Bonchev–Trinajstić information content (AvgIpc) is 2.80. The van der Waals surface area contributed by atoms with Gasteiger partial charge in [-0.1, -0.05) is 54.1 Å². The molecule has 0 spiro atoms. The summed E-state index contributed by atoms with van der Waals surface area (Å²) in [6, 6.07) is 18.4. The standard InChI is InChI=1S/C18H21N/c1-13-7-9-14(10-8-13)11-15-12-18(19-2)17-6-4-3-5-16(15)17/h3-10,15,18-19H,11-12H2,1-2H3. The molecule has 1 N–H and O–H groups in total. The number of benzene rings is 2. The Labute approximate surface area is 115 Å². The van der Waals surface area contributed by atoms with Gasteiger partial charge >= 0.3 is 0 Å². The van der Waals surface area contributed by atoms with Crippen molar-refractivity contribution >= 4 is 0 Å². The number of fused-ring (bicyclic) bond motifs is 1. The Balaban J connectivity index is 1.85. The molecule has 0 radical (unpaired) electrons. The lowest BCUT2D eigenvalue weighted by Gasteiger charge is -2.12. The molecule has 0 amide bonds. The molecule has 1 aliphatic carbocycles. The maximum absolute atomic E-state index is 3.44. The van der Waals surface area contributed by atoms with Gasteiger partial charge in [0.15, 0.2) is 0 Å². The van der Waals surface area contributed by atoms with Gasteiger partial charge in [0.25, 0.3) is 0 Å². The van der Waals surface area contributed by atoms with Crippen molar-refractivity contribution in [2.45, 2.75) is 31.7 Å². The van der Waals surface area contributed by atoms with Gasteiger partial charge in [0.05, 0.1) is 0 Å². The van der Waals surface area contributed by atoms with Crippen LogP contribution >= 0.6 is 0 Å². The minimum atomic E-state index is 0.520. The van der Waals surface area contributed by atoms with Gasteiger partial charge in [-0.3, -0.25) is 0 Å². The highest BCUT2D eigenvalue weighted by molar-refractivity contribution is 5.39. The van der Waals surface area contributed by atoms with Crippen LogP contribution in [0.4, 0.5) is 0 Å². The van der Waals surface area contributed by atoms with Crippen LogP contribution < -0.4 is 5.32 Å². The van der Waals surface area contributed by atoms with Gasteiger partial charge in [-0.15, -0.1) is 0 Å². The van der Waals surface area contributed by atoms with E-state index in [4.69, 9.17) is 0 Å². The average molecular weight is 251 g/mol. The molecule has 0 bridgehead atoms. The van der Waals surface area contributed by atoms with Crippen molar-refractivity contribution in [1.82, 2.24) is 5.32 Å². The van der Waals surface area contributed by atoms with E-state index in [-0.39, 0.29) is 0 Å². The molecule has 0 saturated carbocycles. The van der Waals surface area contributed by atoms with Gasteiger partial charge in [0.2, 0.25) is 0 Å². The van der Waals surface area contributed by atoms with Crippen molar-refractivity contribution < 1.29 is 0 Å². The van der Waals surface area contributed by atoms with E-state index in [0.717, 1.165) is 6.42 Å². The van der Waals surface area contributed by atoms with Crippen LogP contribution in [0.2, 0.25) is 0 Å². The largest absolute Gasteiger partial charge is 0.313 e. The first-order valence-corrected chi connectivity index (χ1v) is 7.09. The van der Waals surface area contributed by atoms with Crippen LogP contribution in [0, 0.1) is 6.92 Å². The first-order chi connectivity index (χ1) is 9.28.